The Morgan fingerprint density at radius 1 is 1.38 bits per heavy atom. The first-order valence-corrected chi connectivity index (χ1v) is 5.50. The number of ether oxygens (including phenoxy) is 1. The molecular formula is C11H21NO4. The number of ketones is 1. The van der Waals surface area contributed by atoms with E-state index in [1.807, 2.05) is 13.8 Å². The summed E-state index contributed by atoms with van der Waals surface area (Å²) in [6.45, 7) is 6.50. The number of carbonyl (C=O) groups excluding carboxylic acids is 1. The van der Waals surface area contributed by atoms with Gasteiger partial charge < -0.3 is 15.2 Å². The maximum absolute atomic E-state index is 11.1. The number of hydrogen-bond acceptors (Lipinski definition) is 4. The van der Waals surface area contributed by atoms with Crippen molar-refractivity contribution in [2.45, 2.75) is 45.8 Å². The van der Waals surface area contributed by atoms with Crippen LogP contribution < -0.4 is 5.32 Å². The van der Waals surface area contributed by atoms with Gasteiger partial charge in [-0.1, -0.05) is 0 Å². The van der Waals surface area contributed by atoms with Gasteiger partial charge in [-0.2, -0.15) is 0 Å². The molecule has 1 unspecified atom stereocenters. The maximum Gasteiger partial charge on any atom is 0.305 e. The van der Waals surface area contributed by atoms with E-state index in [9.17, 15) is 9.59 Å². The summed E-state index contributed by atoms with van der Waals surface area (Å²) >= 11 is 0. The van der Waals surface area contributed by atoms with Gasteiger partial charge in [0.15, 0.2) is 0 Å². The Bertz CT molecular complexity index is 228. The second-order valence-corrected chi connectivity index (χ2v) is 3.99. The smallest absolute Gasteiger partial charge is 0.305 e. The standard InChI is InChI=1S/C11H21NO4/c1-8(2)16-6-4-5-12-10(9(3)13)7-11(14)15/h8,10,12H,4-7H2,1-3H3,(H,14,15). The lowest BCUT2D eigenvalue weighted by atomic mass is 10.1. The molecular weight excluding hydrogens is 210 g/mol. The lowest BCUT2D eigenvalue weighted by molar-refractivity contribution is -0.139. The van der Waals surface area contributed by atoms with Crippen molar-refractivity contribution in [3.05, 3.63) is 0 Å². The number of carboxylic acid groups (broad SMARTS) is 1. The fraction of sp³-hybridized carbons (Fsp3) is 0.818. The summed E-state index contributed by atoms with van der Waals surface area (Å²) in [4.78, 5) is 21.6. The Balaban J connectivity index is 3.69. The van der Waals surface area contributed by atoms with Crippen LogP contribution in [0.2, 0.25) is 0 Å². The monoisotopic (exact) mass is 231 g/mol. The highest BCUT2D eigenvalue weighted by molar-refractivity contribution is 5.85. The molecule has 0 aliphatic carbocycles. The van der Waals surface area contributed by atoms with Crippen molar-refractivity contribution in [3.8, 4) is 0 Å². The molecule has 5 nitrogen and oxygen atoms in total. The lowest BCUT2D eigenvalue weighted by Gasteiger charge is -2.14. The summed E-state index contributed by atoms with van der Waals surface area (Å²) in [7, 11) is 0. The topological polar surface area (TPSA) is 75.6 Å². The van der Waals surface area contributed by atoms with E-state index >= 15 is 0 Å². The Morgan fingerprint density at radius 3 is 2.44 bits per heavy atom. The van der Waals surface area contributed by atoms with Gasteiger partial charge in [0.1, 0.15) is 5.78 Å². The molecule has 0 saturated heterocycles. The van der Waals surface area contributed by atoms with Crippen molar-refractivity contribution in [3.63, 3.8) is 0 Å². The van der Waals surface area contributed by atoms with Crippen LogP contribution in [0, 0.1) is 0 Å². The molecule has 94 valence electrons. The molecule has 0 aromatic rings. The van der Waals surface area contributed by atoms with E-state index in [0.29, 0.717) is 13.2 Å². The van der Waals surface area contributed by atoms with Gasteiger partial charge in [-0.25, -0.2) is 0 Å². The fourth-order valence-electron chi connectivity index (χ4n) is 1.20. The van der Waals surface area contributed by atoms with Crippen molar-refractivity contribution >= 4 is 11.8 Å². The van der Waals surface area contributed by atoms with Crippen molar-refractivity contribution in [2.75, 3.05) is 13.2 Å². The first-order chi connectivity index (χ1) is 7.43. The molecule has 0 aromatic heterocycles. The molecule has 0 radical (unpaired) electrons. The van der Waals surface area contributed by atoms with Gasteiger partial charge in [0.25, 0.3) is 0 Å². The largest absolute Gasteiger partial charge is 0.481 e. The van der Waals surface area contributed by atoms with Crippen molar-refractivity contribution in [2.24, 2.45) is 0 Å². The van der Waals surface area contributed by atoms with E-state index in [4.69, 9.17) is 9.84 Å². The molecule has 2 N–H and O–H groups in total. The molecule has 0 bridgehead atoms. The molecule has 0 rings (SSSR count). The Kier molecular flexibility index (Phi) is 7.76. The SMILES string of the molecule is CC(=O)C(CC(=O)O)NCCCOC(C)C. The van der Waals surface area contributed by atoms with Crippen LogP contribution in [0.5, 0.6) is 0 Å². The van der Waals surface area contributed by atoms with Gasteiger partial charge in [-0.05, 0) is 33.7 Å². The van der Waals surface area contributed by atoms with Crippen LogP contribution in [0.4, 0.5) is 0 Å². The van der Waals surface area contributed by atoms with E-state index in [1.54, 1.807) is 0 Å². The van der Waals surface area contributed by atoms with E-state index in [-0.39, 0.29) is 18.3 Å². The molecule has 0 aliphatic heterocycles. The summed E-state index contributed by atoms with van der Waals surface area (Å²) in [5.41, 5.74) is 0. The van der Waals surface area contributed by atoms with Crippen LogP contribution in [0.3, 0.4) is 0 Å². The van der Waals surface area contributed by atoms with Crippen LogP contribution in [0.15, 0.2) is 0 Å². The average molecular weight is 231 g/mol. The molecule has 0 aromatic carbocycles. The maximum atomic E-state index is 11.1. The summed E-state index contributed by atoms with van der Waals surface area (Å²) in [6, 6.07) is -0.587. The molecule has 0 aliphatic rings. The van der Waals surface area contributed by atoms with Gasteiger partial charge >= 0.3 is 5.97 Å². The minimum atomic E-state index is -0.967. The Labute approximate surface area is 96.2 Å². The molecule has 16 heavy (non-hydrogen) atoms. The van der Waals surface area contributed by atoms with Crippen LogP contribution in [-0.2, 0) is 14.3 Å². The summed E-state index contributed by atoms with van der Waals surface area (Å²) in [6.07, 6.45) is 0.796. The number of carboxylic acids is 1. The molecule has 0 saturated carbocycles. The zero-order valence-electron chi connectivity index (χ0n) is 10.2. The Morgan fingerprint density at radius 2 is 2.00 bits per heavy atom. The van der Waals surface area contributed by atoms with Gasteiger partial charge in [0.05, 0.1) is 18.6 Å². The van der Waals surface area contributed by atoms with E-state index in [2.05, 4.69) is 5.32 Å². The quantitative estimate of drug-likeness (QED) is 0.575. The third kappa shape index (κ3) is 8.38. The average Bonchev–Trinajstić information content (AvgIpc) is 2.14. The predicted molar refractivity (Wildman–Crippen MR) is 60.4 cm³/mol. The Hall–Kier alpha value is -0.940. The second kappa shape index (κ2) is 8.24. The number of Topliss-reactive ketones (excluding diaryl/α,β-unsaturated/α-hetero) is 1. The van der Waals surface area contributed by atoms with Crippen LogP contribution in [0.25, 0.3) is 0 Å². The van der Waals surface area contributed by atoms with Crippen LogP contribution in [0.1, 0.15) is 33.6 Å². The van der Waals surface area contributed by atoms with Crippen LogP contribution in [-0.4, -0.2) is 42.2 Å². The van der Waals surface area contributed by atoms with Gasteiger partial charge in [0, 0.05) is 6.61 Å². The minimum absolute atomic E-state index is 0.146. The zero-order chi connectivity index (χ0) is 12.6. The number of hydrogen-bond donors (Lipinski definition) is 2. The third-order valence-corrected chi connectivity index (χ3v) is 2.03. The molecule has 0 fully saturated rings. The normalized spacial score (nSPS) is 12.8. The second-order valence-electron chi connectivity index (χ2n) is 3.99. The van der Waals surface area contributed by atoms with E-state index in [0.717, 1.165) is 6.42 Å². The number of nitrogens with one attached hydrogen (secondary N) is 1. The number of carbonyl (C=O) groups is 2. The molecule has 0 heterocycles. The fourth-order valence-corrected chi connectivity index (χ4v) is 1.20. The van der Waals surface area contributed by atoms with Gasteiger partial charge in [0.2, 0.25) is 0 Å². The summed E-state index contributed by atoms with van der Waals surface area (Å²) < 4.78 is 5.32. The van der Waals surface area contributed by atoms with Gasteiger partial charge in [-0.3, -0.25) is 9.59 Å². The minimum Gasteiger partial charge on any atom is -0.481 e. The first-order valence-electron chi connectivity index (χ1n) is 5.50. The predicted octanol–water partition coefficient (Wildman–Crippen LogP) is 0.823. The first kappa shape index (κ1) is 15.1. The van der Waals surface area contributed by atoms with Crippen molar-refractivity contribution in [1.82, 2.24) is 5.32 Å². The summed E-state index contributed by atoms with van der Waals surface area (Å²) in [5, 5.41) is 11.5. The summed E-state index contributed by atoms with van der Waals surface area (Å²) in [5.74, 6) is -1.11. The van der Waals surface area contributed by atoms with E-state index in [1.165, 1.54) is 6.92 Å². The van der Waals surface area contributed by atoms with Gasteiger partial charge in [-0.15, -0.1) is 0 Å². The molecule has 1 atom stereocenters. The highest BCUT2D eigenvalue weighted by atomic mass is 16.5. The van der Waals surface area contributed by atoms with Crippen molar-refractivity contribution < 1.29 is 19.4 Å². The van der Waals surface area contributed by atoms with Crippen molar-refractivity contribution in [1.29, 1.82) is 0 Å². The van der Waals surface area contributed by atoms with Crippen LogP contribution >= 0.6 is 0 Å². The highest BCUT2D eigenvalue weighted by Gasteiger charge is 2.16. The lowest BCUT2D eigenvalue weighted by Crippen LogP contribution is -2.38. The number of aliphatic carboxylic acids is 1. The third-order valence-electron chi connectivity index (χ3n) is 2.03. The van der Waals surface area contributed by atoms with E-state index < -0.39 is 12.0 Å². The molecule has 0 amide bonds. The molecule has 5 heteroatoms. The highest BCUT2D eigenvalue weighted by Crippen LogP contribution is 1.95. The molecule has 0 spiro atoms. The zero-order valence-corrected chi connectivity index (χ0v) is 10.2. The number of rotatable bonds is 9.